The number of nitrogens with one attached hydrogen (secondary N) is 2. The highest BCUT2D eigenvalue weighted by Crippen LogP contribution is 2.38. The van der Waals surface area contributed by atoms with E-state index in [0.717, 1.165) is 33.6 Å². The van der Waals surface area contributed by atoms with Crippen LogP contribution in [0.3, 0.4) is 0 Å². The average molecular weight is 326 g/mol. The Kier molecular flexibility index (Phi) is 2.89. The Morgan fingerprint density at radius 2 is 2.30 bits per heavy atom. The van der Waals surface area contributed by atoms with Crippen molar-refractivity contribution in [1.82, 2.24) is 15.6 Å². The van der Waals surface area contributed by atoms with E-state index in [-0.39, 0.29) is 11.4 Å². The standard InChI is InChI=1S/C13H12ClN3OS2/c14-10-2-1-8(19-10)12-15-5-9(20-12)11(18)17-13-3-7(4-13)16-6-13/h1-2,5,7,16H,3-4,6H2,(H,17,18). The lowest BCUT2D eigenvalue weighted by molar-refractivity contribution is 0.0876. The molecule has 4 nitrogen and oxygen atoms in total. The monoisotopic (exact) mass is 325 g/mol. The summed E-state index contributed by atoms with van der Waals surface area (Å²) in [6.07, 6.45) is 3.74. The summed E-state index contributed by atoms with van der Waals surface area (Å²) in [4.78, 5) is 18.3. The second kappa shape index (κ2) is 4.53. The molecule has 2 aromatic heterocycles. The molecule has 0 aromatic carbocycles. The quantitative estimate of drug-likeness (QED) is 0.912. The number of rotatable bonds is 3. The van der Waals surface area contributed by atoms with Crippen molar-refractivity contribution < 1.29 is 4.79 Å². The largest absolute Gasteiger partial charge is 0.344 e. The second-order valence-corrected chi connectivity index (χ2v) is 8.10. The first-order valence-corrected chi connectivity index (χ1v) is 8.42. The molecular formula is C13H12ClN3OS2. The number of hydrogen-bond acceptors (Lipinski definition) is 5. The maximum Gasteiger partial charge on any atom is 0.263 e. The third kappa shape index (κ3) is 2.07. The maximum atomic E-state index is 12.3. The lowest BCUT2D eigenvalue weighted by Crippen LogP contribution is -2.54. The zero-order chi connectivity index (χ0) is 13.7. The normalized spacial score (nSPS) is 27.4. The molecule has 2 N–H and O–H groups in total. The highest BCUT2D eigenvalue weighted by Gasteiger charge is 2.51. The lowest BCUT2D eigenvalue weighted by Gasteiger charge is -2.37. The van der Waals surface area contributed by atoms with Crippen molar-refractivity contribution >= 4 is 40.2 Å². The van der Waals surface area contributed by atoms with Crippen LogP contribution in [0.25, 0.3) is 9.88 Å². The fourth-order valence-electron chi connectivity index (χ4n) is 2.88. The van der Waals surface area contributed by atoms with Gasteiger partial charge in [0.25, 0.3) is 5.91 Å². The van der Waals surface area contributed by atoms with E-state index in [1.54, 1.807) is 6.20 Å². The van der Waals surface area contributed by atoms with Crippen LogP contribution in [0.1, 0.15) is 22.5 Å². The topological polar surface area (TPSA) is 54.0 Å². The summed E-state index contributed by atoms with van der Waals surface area (Å²) in [6, 6.07) is 4.38. The van der Waals surface area contributed by atoms with E-state index >= 15 is 0 Å². The maximum absolute atomic E-state index is 12.3. The number of carbonyl (C=O) groups excluding carboxylic acids is 1. The fourth-order valence-corrected chi connectivity index (χ4v) is 4.80. The van der Waals surface area contributed by atoms with Crippen molar-refractivity contribution in [2.24, 2.45) is 0 Å². The van der Waals surface area contributed by atoms with E-state index in [1.807, 2.05) is 12.1 Å². The lowest BCUT2D eigenvalue weighted by atomic mass is 9.78. The number of nitrogens with zero attached hydrogens (tertiary/aromatic N) is 1. The minimum atomic E-state index is -0.0157. The zero-order valence-electron chi connectivity index (χ0n) is 10.5. The van der Waals surface area contributed by atoms with Crippen LogP contribution in [0.4, 0.5) is 0 Å². The Balaban J connectivity index is 1.51. The van der Waals surface area contributed by atoms with E-state index in [0.29, 0.717) is 10.9 Å². The Labute approximate surface area is 129 Å². The van der Waals surface area contributed by atoms with E-state index in [9.17, 15) is 4.79 Å². The molecule has 2 aromatic rings. The molecule has 4 heterocycles. The van der Waals surface area contributed by atoms with Crippen LogP contribution >= 0.6 is 34.3 Å². The number of halogens is 1. The molecule has 2 saturated heterocycles. The van der Waals surface area contributed by atoms with Crippen LogP contribution in [0, 0.1) is 0 Å². The highest BCUT2D eigenvalue weighted by atomic mass is 35.5. The first-order chi connectivity index (χ1) is 9.63. The molecule has 2 bridgehead atoms. The van der Waals surface area contributed by atoms with Gasteiger partial charge in [-0.05, 0) is 25.0 Å². The number of thiazole rings is 1. The van der Waals surface area contributed by atoms with E-state index < -0.39 is 0 Å². The van der Waals surface area contributed by atoms with Crippen LogP contribution in [0.5, 0.6) is 0 Å². The molecule has 0 spiro atoms. The average Bonchev–Trinajstić information content (AvgIpc) is 3.07. The predicted octanol–water partition coefficient (Wildman–Crippen LogP) is 2.76. The van der Waals surface area contributed by atoms with Gasteiger partial charge >= 0.3 is 0 Å². The van der Waals surface area contributed by atoms with Gasteiger partial charge in [0, 0.05) is 12.6 Å². The van der Waals surface area contributed by atoms with Gasteiger partial charge in [-0.25, -0.2) is 4.98 Å². The van der Waals surface area contributed by atoms with E-state index in [2.05, 4.69) is 15.6 Å². The van der Waals surface area contributed by atoms with Crippen LogP contribution in [-0.2, 0) is 0 Å². The molecule has 5 rings (SSSR count). The highest BCUT2D eigenvalue weighted by molar-refractivity contribution is 7.24. The number of aromatic nitrogens is 1. The molecular weight excluding hydrogens is 314 g/mol. The van der Waals surface area contributed by atoms with Gasteiger partial charge in [-0.2, -0.15) is 0 Å². The van der Waals surface area contributed by atoms with Crippen molar-refractivity contribution in [2.45, 2.75) is 24.4 Å². The Morgan fingerprint density at radius 1 is 1.45 bits per heavy atom. The number of carbonyl (C=O) groups is 1. The van der Waals surface area contributed by atoms with Gasteiger partial charge in [0.15, 0.2) is 0 Å². The molecule has 3 fully saturated rings. The number of fused-ring (bicyclic) bond motifs is 1. The SMILES string of the molecule is O=C(NC12CNC(C1)C2)c1cnc(-c2ccc(Cl)s2)s1. The van der Waals surface area contributed by atoms with Crippen LogP contribution in [0.15, 0.2) is 18.3 Å². The van der Waals surface area contributed by atoms with Crippen molar-refractivity contribution in [3.05, 3.63) is 27.5 Å². The van der Waals surface area contributed by atoms with Gasteiger partial charge in [-0.3, -0.25) is 4.79 Å². The molecule has 7 heteroatoms. The minimum Gasteiger partial charge on any atom is -0.344 e. The Morgan fingerprint density at radius 3 is 2.95 bits per heavy atom. The van der Waals surface area contributed by atoms with Crippen LogP contribution in [-0.4, -0.2) is 29.0 Å². The third-order valence-electron chi connectivity index (χ3n) is 3.90. The van der Waals surface area contributed by atoms with Crippen LogP contribution in [0.2, 0.25) is 4.34 Å². The smallest absolute Gasteiger partial charge is 0.263 e. The molecule has 1 aliphatic carbocycles. The molecule has 104 valence electrons. The van der Waals surface area contributed by atoms with Gasteiger partial charge in [-0.1, -0.05) is 11.6 Å². The number of amides is 1. The summed E-state index contributed by atoms with van der Waals surface area (Å²) in [5.41, 5.74) is -0.0157. The molecule has 0 atom stereocenters. The van der Waals surface area contributed by atoms with E-state index in [1.165, 1.54) is 22.7 Å². The van der Waals surface area contributed by atoms with Crippen molar-refractivity contribution in [1.29, 1.82) is 0 Å². The molecule has 2 aliphatic heterocycles. The minimum absolute atomic E-state index is 0.0152. The third-order valence-corrected chi connectivity index (χ3v) is 6.29. The number of thiophene rings is 1. The first kappa shape index (κ1) is 12.8. The van der Waals surface area contributed by atoms with Crippen molar-refractivity contribution in [3.63, 3.8) is 0 Å². The molecule has 0 radical (unpaired) electrons. The van der Waals surface area contributed by atoms with Crippen LogP contribution < -0.4 is 10.6 Å². The van der Waals surface area contributed by atoms with Gasteiger partial charge in [0.1, 0.15) is 9.88 Å². The first-order valence-electron chi connectivity index (χ1n) is 6.41. The molecule has 0 unspecified atom stereocenters. The van der Waals surface area contributed by atoms with Gasteiger partial charge < -0.3 is 10.6 Å². The van der Waals surface area contributed by atoms with Gasteiger partial charge in [-0.15, -0.1) is 22.7 Å². The van der Waals surface area contributed by atoms with Crippen molar-refractivity contribution in [2.75, 3.05) is 6.54 Å². The Hall–Kier alpha value is -0.950. The second-order valence-electron chi connectivity index (χ2n) is 5.35. The summed E-state index contributed by atoms with van der Waals surface area (Å²) >= 11 is 8.82. The Bertz CT molecular complexity index is 669. The van der Waals surface area contributed by atoms with Gasteiger partial charge in [0.05, 0.1) is 20.9 Å². The fraction of sp³-hybridized carbons (Fsp3) is 0.385. The van der Waals surface area contributed by atoms with E-state index in [4.69, 9.17) is 11.6 Å². The summed E-state index contributed by atoms with van der Waals surface area (Å²) in [7, 11) is 0. The number of hydrogen-bond donors (Lipinski definition) is 2. The molecule has 1 amide bonds. The summed E-state index contributed by atoms with van der Waals surface area (Å²) in [6.45, 7) is 0.885. The zero-order valence-corrected chi connectivity index (χ0v) is 12.9. The molecule has 3 aliphatic rings. The summed E-state index contributed by atoms with van der Waals surface area (Å²) in [5.74, 6) is -0.0152. The summed E-state index contributed by atoms with van der Waals surface area (Å²) < 4.78 is 0.734. The van der Waals surface area contributed by atoms with Gasteiger partial charge in [0.2, 0.25) is 0 Å². The predicted molar refractivity (Wildman–Crippen MR) is 81.7 cm³/mol. The van der Waals surface area contributed by atoms with Crippen molar-refractivity contribution in [3.8, 4) is 9.88 Å². The molecule has 1 saturated carbocycles. The molecule has 20 heavy (non-hydrogen) atoms. The summed E-state index contributed by atoms with van der Waals surface area (Å²) in [5, 5.41) is 7.39.